The van der Waals surface area contributed by atoms with Crippen molar-refractivity contribution in [2.45, 2.75) is 25.9 Å². The first-order valence-corrected chi connectivity index (χ1v) is 8.52. The molecule has 3 aromatic rings. The highest BCUT2D eigenvalue weighted by Gasteiger charge is 2.24. The number of hydrogen-bond acceptors (Lipinski definition) is 2. The maximum Gasteiger partial charge on any atom is 0.314 e. The van der Waals surface area contributed by atoms with Crippen LogP contribution in [0.4, 0.5) is 0 Å². The van der Waals surface area contributed by atoms with Crippen LogP contribution in [0.2, 0.25) is 0 Å². The van der Waals surface area contributed by atoms with Gasteiger partial charge in [0.1, 0.15) is 0 Å². The number of aryl methyl sites for hydroxylation is 1. The van der Waals surface area contributed by atoms with Gasteiger partial charge in [0.15, 0.2) is 6.10 Å². The molecule has 0 amide bonds. The second-order valence-electron chi connectivity index (χ2n) is 6.22. The molecule has 0 unspecified atom stereocenters. The number of ether oxygens (including phenoxy) is 1. The van der Waals surface area contributed by atoms with E-state index in [2.05, 4.69) is 0 Å². The van der Waals surface area contributed by atoms with E-state index in [-0.39, 0.29) is 11.9 Å². The lowest BCUT2D eigenvalue weighted by atomic mass is 9.96. The average molecular weight is 330 g/mol. The lowest BCUT2D eigenvalue weighted by Crippen LogP contribution is -2.18. The molecule has 2 heteroatoms. The van der Waals surface area contributed by atoms with Crippen molar-refractivity contribution in [3.63, 3.8) is 0 Å². The molecule has 3 aromatic carbocycles. The van der Waals surface area contributed by atoms with Gasteiger partial charge in [0, 0.05) is 0 Å². The molecule has 0 N–H and O–H groups in total. The van der Waals surface area contributed by atoms with E-state index in [0.29, 0.717) is 0 Å². The zero-order valence-corrected chi connectivity index (χ0v) is 14.6. The van der Waals surface area contributed by atoms with Crippen LogP contribution in [0, 0.1) is 6.92 Å². The molecular weight excluding hydrogens is 308 g/mol. The van der Waals surface area contributed by atoms with Gasteiger partial charge in [0.05, 0.1) is 5.92 Å². The fourth-order valence-electron chi connectivity index (χ4n) is 3.00. The molecule has 0 heterocycles. The molecule has 0 radical (unpaired) electrons. The highest BCUT2D eigenvalue weighted by molar-refractivity contribution is 5.78. The van der Waals surface area contributed by atoms with Gasteiger partial charge in [-0.05, 0) is 36.1 Å². The van der Waals surface area contributed by atoms with Crippen molar-refractivity contribution in [2.75, 3.05) is 0 Å². The molecule has 0 bridgehead atoms. The van der Waals surface area contributed by atoms with Gasteiger partial charge in [-0.3, -0.25) is 4.79 Å². The third-order valence-corrected chi connectivity index (χ3v) is 4.45. The van der Waals surface area contributed by atoms with Crippen molar-refractivity contribution >= 4 is 5.97 Å². The lowest BCUT2D eigenvalue weighted by molar-refractivity contribution is -0.149. The van der Waals surface area contributed by atoms with Crippen LogP contribution in [-0.2, 0) is 9.53 Å². The SMILES string of the molecule is Cc1ccccc1[C@H](C)C(=O)OC(c1ccccc1)c1ccccc1. The molecule has 0 aliphatic carbocycles. The van der Waals surface area contributed by atoms with Crippen LogP contribution >= 0.6 is 0 Å². The van der Waals surface area contributed by atoms with Crippen molar-refractivity contribution in [2.24, 2.45) is 0 Å². The van der Waals surface area contributed by atoms with Crippen LogP contribution in [0.15, 0.2) is 84.9 Å². The minimum absolute atomic E-state index is 0.216. The largest absolute Gasteiger partial charge is 0.452 e. The quantitative estimate of drug-likeness (QED) is 0.583. The Morgan fingerprint density at radius 1 is 0.760 bits per heavy atom. The van der Waals surface area contributed by atoms with Gasteiger partial charge in [-0.25, -0.2) is 0 Å². The second kappa shape index (κ2) is 7.80. The summed E-state index contributed by atoms with van der Waals surface area (Å²) in [6.45, 7) is 3.92. The Morgan fingerprint density at radius 2 is 1.24 bits per heavy atom. The minimum Gasteiger partial charge on any atom is -0.452 e. The van der Waals surface area contributed by atoms with Gasteiger partial charge in [-0.15, -0.1) is 0 Å². The normalized spacial score (nSPS) is 12.0. The minimum atomic E-state index is -0.402. The maximum atomic E-state index is 12.8. The summed E-state index contributed by atoms with van der Waals surface area (Å²) in [6, 6.07) is 27.7. The van der Waals surface area contributed by atoms with E-state index in [4.69, 9.17) is 4.74 Å². The van der Waals surface area contributed by atoms with E-state index >= 15 is 0 Å². The number of carbonyl (C=O) groups is 1. The Bertz CT molecular complexity index is 785. The van der Waals surface area contributed by atoms with Crippen LogP contribution in [-0.4, -0.2) is 5.97 Å². The van der Waals surface area contributed by atoms with Crippen molar-refractivity contribution in [1.29, 1.82) is 0 Å². The van der Waals surface area contributed by atoms with Crippen LogP contribution in [0.25, 0.3) is 0 Å². The number of benzene rings is 3. The number of hydrogen-bond donors (Lipinski definition) is 0. The summed E-state index contributed by atoms with van der Waals surface area (Å²) in [4.78, 5) is 12.8. The molecule has 126 valence electrons. The fourth-order valence-corrected chi connectivity index (χ4v) is 3.00. The van der Waals surface area contributed by atoms with Crippen LogP contribution in [0.3, 0.4) is 0 Å². The first-order valence-electron chi connectivity index (χ1n) is 8.52. The first kappa shape index (κ1) is 17.0. The van der Waals surface area contributed by atoms with Crippen LogP contribution in [0.5, 0.6) is 0 Å². The van der Waals surface area contributed by atoms with Gasteiger partial charge < -0.3 is 4.74 Å². The summed E-state index contributed by atoms with van der Waals surface area (Å²) in [5, 5.41) is 0. The zero-order chi connectivity index (χ0) is 17.6. The Kier molecular flexibility index (Phi) is 5.30. The summed E-state index contributed by atoms with van der Waals surface area (Å²) < 4.78 is 5.95. The Labute approximate surface area is 149 Å². The molecule has 0 spiro atoms. The molecule has 0 aromatic heterocycles. The van der Waals surface area contributed by atoms with E-state index in [1.165, 1.54) is 0 Å². The van der Waals surface area contributed by atoms with E-state index in [9.17, 15) is 4.79 Å². The Hall–Kier alpha value is -2.87. The molecule has 0 saturated carbocycles. The predicted molar refractivity (Wildman–Crippen MR) is 100 cm³/mol. The van der Waals surface area contributed by atoms with Crippen molar-refractivity contribution in [1.82, 2.24) is 0 Å². The lowest BCUT2D eigenvalue weighted by Gasteiger charge is -2.22. The van der Waals surface area contributed by atoms with Crippen LogP contribution in [0.1, 0.15) is 41.2 Å². The van der Waals surface area contributed by atoms with Gasteiger partial charge in [0.25, 0.3) is 0 Å². The summed E-state index contributed by atoms with van der Waals surface area (Å²) >= 11 is 0. The smallest absolute Gasteiger partial charge is 0.314 e. The second-order valence-corrected chi connectivity index (χ2v) is 6.22. The summed E-state index contributed by atoms with van der Waals surface area (Å²) in [6.07, 6.45) is -0.402. The molecule has 25 heavy (non-hydrogen) atoms. The van der Waals surface area contributed by atoms with E-state index < -0.39 is 6.10 Å². The van der Waals surface area contributed by atoms with Gasteiger partial charge in [-0.2, -0.15) is 0 Å². The van der Waals surface area contributed by atoms with Crippen molar-refractivity contribution < 1.29 is 9.53 Å². The molecule has 2 nitrogen and oxygen atoms in total. The molecular formula is C23H22O2. The number of carbonyl (C=O) groups excluding carboxylic acids is 1. The molecule has 3 rings (SSSR count). The molecule has 0 fully saturated rings. The monoisotopic (exact) mass is 330 g/mol. The third-order valence-electron chi connectivity index (χ3n) is 4.45. The maximum absolute atomic E-state index is 12.8. The average Bonchev–Trinajstić information content (AvgIpc) is 2.67. The Morgan fingerprint density at radius 3 is 1.76 bits per heavy atom. The Balaban J connectivity index is 1.88. The molecule has 0 aliphatic rings. The van der Waals surface area contributed by atoms with Crippen molar-refractivity contribution in [3.05, 3.63) is 107 Å². The van der Waals surface area contributed by atoms with Crippen LogP contribution < -0.4 is 0 Å². The van der Waals surface area contributed by atoms with Gasteiger partial charge in [-0.1, -0.05) is 84.9 Å². The summed E-state index contributed by atoms with van der Waals surface area (Å²) in [5.41, 5.74) is 4.05. The standard InChI is InChI=1S/C23H22O2/c1-17-11-9-10-16-21(17)18(2)23(24)25-22(19-12-5-3-6-13-19)20-14-7-4-8-15-20/h3-16,18,22H,1-2H3/t18-/m0/s1. The predicted octanol–water partition coefficient (Wildman–Crippen LogP) is 5.43. The van der Waals surface area contributed by atoms with Crippen molar-refractivity contribution in [3.8, 4) is 0 Å². The molecule has 1 atom stereocenters. The van der Waals surface area contributed by atoms with Gasteiger partial charge in [0.2, 0.25) is 0 Å². The van der Waals surface area contributed by atoms with E-state index in [1.807, 2.05) is 98.8 Å². The fraction of sp³-hybridized carbons (Fsp3) is 0.174. The zero-order valence-electron chi connectivity index (χ0n) is 14.6. The van der Waals surface area contributed by atoms with E-state index in [1.54, 1.807) is 0 Å². The van der Waals surface area contributed by atoms with E-state index in [0.717, 1.165) is 22.3 Å². The van der Waals surface area contributed by atoms with Gasteiger partial charge >= 0.3 is 5.97 Å². The highest BCUT2D eigenvalue weighted by Crippen LogP contribution is 2.29. The highest BCUT2D eigenvalue weighted by atomic mass is 16.5. The molecule has 0 aliphatic heterocycles. The number of esters is 1. The topological polar surface area (TPSA) is 26.3 Å². The molecule has 0 saturated heterocycles. The summed E-state index contributed by atoms with van der Waals surface area (Å²) in [5.74, 6) is -0.525. The first-order chi connectivity index (χ1) is 12.2. The summed E-state index contributed by atoms with van der Waals surface area (Å²) in [7, 11) is 0. The third kappa shape index (κ3) is 3.97. The number of rotatable bonds is 5.